The van der Waals surface area contributed by atoms with E-state index < -0.39 is 0 Å². The van der Waals surface area contributed by atoms with Gasteiger partial charge in [-0.2, -0.15) is 5.26 Å². The second-order valence-electron chi connectivity index (χ2n) is 2.01. The summed E-state index contributed by atoms with van der Waals surface area (Å²) in [5, 5.41) is 8.26. The van der Waals surface area contributed by atoms with Gasteiger partial charge in [0.2, 0.25) is 0 Å². The van der Waals surface area contributed by atoms with Gasteiger partial charge in [0.15, 0.2) is 0 Å². The highest BCUT2D eigenvalue weighted by Crippen LogP contribution is 2.01. The summed E-state index contributed by atoms with van der Waals surface area (Å²) < 4.78 is 0. The van der Waals surface area contributed by atoms with Gasteiger partial charge in [-0.15, -0.1) is 0 Å². The lowest BCUT2D eigenvalue weighted by molar-refractivity contribution is 0.494. The fraction of sp³-hybridized carbons (Fsp3) is 0.571. The molecule has 50 valence electrons. The summed E-state index contributed by atoms with van der Waals surface area (Å²) in [7, 11) is 3.87. The molecule has 0 rings (SSSR count). The summed E-state index contributed by atoms with van der Waals surface area (Å²) in [4.78, 5) is 1.95. The van der Waals surface area contributed by atoms with Crippen LogP contribution in [0.5, 0.6) is 0 Å². The van der Waals surface area contributed by atoms with Gasteiger partial charge < -0.3 is 4.90 Å². The molecule has 0 aliphatic rings. The van der Waals surface area contributed by atoms with E-state index in [4.69, 9.17) is 5.26 Å². The average Bonchev–Trinajstić information content (AvgIpc) is 1.82. The number of hydrogen-bond acceptors (Lipinski definition) is 2. The molecule has 2 heteroatoms. The van der Waals surface area contributed by atoms with Crippen molar-refractivity contribution in [3.63, 3.8) is 0 Å². The summed E-state index contributed by atoms with van der Waals surface area (Å²) in [5.74, 6) is 0. The third kappa shape index (κ3) is 2.76. The highest BCUT2D eigenvalue weighted by molar-refractivity contribution is 5.10. The van der Waals surface area contributed by atoms with Crippen molar-refractivity contribution in [2.75, 3.05) is 14.1 Å². The van der Waals surface area contributed by atoms with Crippen molar-refractivity contribution in [3.8, 4) is 6.07 Å². The Kier molecular flexibility index (Phi) is 3.54. The Morgan fingerprint density at radius 2 is 2.22 bits per heavy atom. The average molecular weight is 124 g/mol. The molecule has 0 bridgehead atoms. The third-order valence-electron chi connectivity index (χ3n) is 1.17. The fourth-order valence-electron chi connectivity index (χ4n) is 0.622. The molecule has 0 saturated carbocycles. The molecule has 0 spiro atoms. The molecular weight excluding hydrogens is 112 g/mol. The predicted octanol–water partition coefficient (Wildman–Crippen LogP) is 1.37. The van der Waals surface area contributed by atoms with Crippen LogP contribution in [-0.4, -0.2) is 19.0 Å². The van der Waals surface area contributed by atoms with Crippen molar-refractivity contribution in [2.24, 2.45) is 0 Å². The molecule has 0 atom stereocenters. The van der Waals surface area contributed by atoms with E-state index >= 15 is 0 Å². The zero-order chi connectivity index (χ0) is 7.28. The van der Waals surface area contributed by atoms with Crippen LogP contribution in [0.1, 0.15) is 13.3 Å². The number of hydrogen-bond donors (Lipinski definition) is 0. The largest absolute Gasteiger partial charge is 0.380 e. The number of rotatable bonds is 2. The van der Waals surface area contributed by atoms with Crippen LogP contribution in [0.25, 0.3) is 0 Å². The molecule has 0 heterocycles. The van der Waals surface area contributed by atoms with E-state index in [-0.39, 0.29) is 0 Å². The van der Waals surface area contributed by atoms with Crippen molar-refractivity contribution < 1.29 is 0 Å². The molecule has 0 radical (unpaired) electrons. The molecule has 0 fully saturated rings. The van der Waals surface area contributed by atoms with Crippen molar-refractivity contribution in [2.45, 2.75) is 13.3 Å². The van der Waals surface area contributed by atoms with Crippen LogP contribution in [-0.2, 0) is 0 Å². The summed E-state index contributed by atoms with van der Waals surface area (Å²) in [6, 6.07) is 2.00. The van der Waals surface area contributed by atoms with Crippen LogP contribution in [0.2, 0.25) is 0 Å². The zero-order valence-electron chi connectivity index (χ0n) is 6.18. The van der Waals surface area contributed by atoms with Gasteiger partial charge in [-0.05, 0) is 6.42 Å². The standard InChI is InChI=1S/C7H12N2/c1-4-7(5-6-8)9(2)3/h5H,4H2,1-3H3/b7-5+. The molecular formula is C7H12N2. The Labute approximate surface area is 56.4 Å². The van der Waals surface area contributed by atoms with E-state index in [9.17, 15) is 0 Å². The van der Waals surface area contributed by atoms with Gasteiger partial charge in [-0.3, -0.25) is 0 Å². The highest BCUT2D eigenvalue weighted by Gasteiger charge is 1.92. The van der Waals surface area contributed by atoms with Gasteiger partial charge in [0.05, 0.1) is 6.07 Å². The van der Waals surface area contributed by atoms with Gasteiger partial charge in [0.1, 0.15) is 0 Å². The van der Waals surface area contributed by atoms with Crippen LogP contribution < -0.4 is 0 Å². The molecule has 0 aliphatic heterocycles. The van der Waals surface area contributed by atoms with Crippen LogP contribution in [0, 0.1) is 11.3 Å². The minimum Gasteiger partial charge on any atom is -0.380 e. The fourth-order valence-corrected chi connectivity index (χ4v) is 0.622. The normalized spacial score (nSPS) is 10.7. The summed E-state index contributed by atoms with van der Waals surface area (Å²) in [6.07, 6.45) is 2.49. The van der Waals surface area contributed by atoms with E-state index in [0.717, 1.165) is 12.1 Å². The molecule has 0 aromatic heterocycles. The van der Waals surface area contributed by atoms with Gasteiger partial charge in [-0.1, -0.05) is 6.92 Å². The molecule has 0 saturated heterocycles. The van der Waals surface area contributed by atoms with Crippen LogP contribution in [0.3, 0.4) is 0 Å². The Morgan fingerprint density at radius 3 is 2.33 bits per heavy atom. The van der Waals surface area contributed by atoms with Crippen LogP contribution in [0.4, 0.5) is 0 Å². The van der Waals surface area contributed by atoms with E-state index in [2.05, 4.69) is 0 Å². The maximum atomic E-state index is 8.26. The molecule has 2 nitrogen and oxygen atoms in total. The molecule has 0 N–H and O–H groups in total. The minimum absolute atomic E-state index is 0.917. The van der Waals surface area contributed by atoms with E-state index in [0.29, 0.717) is 0 Å². The number of allylic oxidation sites excluding steroid dienone is 2. The first-order chi connectivity index (χ1) is 4.22. The van der Waals surface area contributed by atoms with Crippen molar-refractivity contribution in [1.82, 2.24) is 4.90 Å². The van der Waals surface area contributed by atoms with Crippen molar-refractivity contribution in [3.05, 3.63) is 11.8 Å². The third-order valence-corrected chi connectivity index (χ3v) is 1.17. The Morgan fingerprint density at radius 1 is 1.67 bits per heavy atom. The lowest BCUT2D eigenvalue weighted by Crippen LogP contribution is -2.09. The lowest BCUT2D eigenvalue weighted by atomic mass is 10.3. The van der Waals surface area contributed by atoms with E-state index in [1.165, 1.54) is 0 Å². The SMILES string of the molecule is CC/C(=C\C#N)N(C)C. The summed E-state index contributed by atoms with van der Waals surface area (Å²) in [5.41, 5.74) is 1.07. The predicted molar refractivity (Wildman–Crippen MR) is 37.7 cm³/mol. The zero-order valence-corrected chi connectivity index (χ0v) is 6.18. The van der Waals surface area contributed by atoms with E-state index in [1.54, 1.807) is 6.08 Å². The molecule has 0 unspecified atom stereocenters. The molecule has 9 heavy (non-hydrogen) atoms. The Hall–Kier alpha value is -0.970. The van der Waals surface area contributed by atoms with Crippen LogP contribution >= 0.6 is 0 Å². The first-order valence-corrected chi connectivity index (χ1v) is 2.98. The van der Waals surface area contributed by atoms with Gasteiger partial charge in [0.25, 0.3) is 0 Å². The van der Waals surface area contributed by atoms with Crippen molar-refractivity contribution >= 4 is 0 Å². The Balaban J connectivity index is 4.02. The number of nitriles is 1. The second-order valence-corrected chi connectivity index (χ2v) is 2.01. The van der Waals surface area contributed by atoms with E-state index in [1.807, 2.05) is 32.0 Å². The van der Waals surface area contributed by atoms with Crippen LogP contribution in [0.15, 0.2) is 11.8 Å². The lowest BCUT2D eigenvalue weighted by Gasteiger charge is -2.13. The minimum atomic E-state index is 0.917. The first kappa shape index (κ1) is 8.03. The smallest absolute Gasteiger partial charge is 0.0930 e. The summed E-state index contributed by atoms with van der Waals surface area (Å²) in [6.45, 7) is 2.03. The highest BCUT2D eigenvalue weighted by atomic mass is 15.1. The van der Waals surface area contributed by atoms with Gasteiger partial charge in [0, 0.05) is 25.9 Å². The summed E-state index contributed by atoms with van der Waals surface area (Å²) >= 11 is 0. The monoisotopic (exact) mass is 124 g/mol. The van der Waals surface area contributed by atoms with Gasteiger partial charge >= 0.3 is 0 Å². The molecule has 0 amide bonds. The maximum Gasteiger partial charge on any atom is 0.0930 e. The maximum absolute atomic E-state index is 8.26. The number of nitrogens with zero attached hydrogens (tertiary/aromatic N) is 2. The first-order valence-electron chi connectivity index (χ1n) is 2.98. The molecule has 0 aromatic carbocycles. The Bertz CT molecular complexity index is 139. The topological polar surface area (TPSA) is 27.0 Å². The quantitative estimate of drug-likeness (QED) is 0.520. The molecule has 0 aromatic rings. The molecule has 0 aliphatic carbocycles. The van der Waals surface area contributed by atoms with Crippen molar-refractivity contribution in [1.29, 1.82) is 5.26 Å². The van der Waals surface area contributed by atoms with Gasteiger partial charge in [-0.25, -0.2) is 0 Å². The second kappa shape index (κ2) is 3.96.